The molecule has 0 aromatic carbocycles. The second-order valence-corrected chi connectivity index (χ2v) is 8.12. The van der Waals surface area contributed by atoms with Crippen molar-refractivity contribution in [1.29, 1.82) is 0 Å². The van der Waals surface area contributed by atoms with Crippen molar-refractivity contribution in [2.24, 2.45) is 0 Å². The van der Waals surface area contributed by atoms with Crippen molar-refractivity contribution in [3.8, 4) is 0 Å². The maximum Gasteiger partial charge on any atom is 0.305 e. The van der Waals surface area contributed by atoms with Gasteiger partial charge in [0, 0.05) is 39.2 Å². The van der Waals surface area contributed by atoms with Gasteiger partial charge >= 0.3 is 23.9 Å². The van der Waals surface area contributed by atoms with E-state index in [1.807, 2.05) is 0 Å². The second-order valence-electron chi connectivity index (χ2n) is 7.13. The Bertz CT molecular complexity index is 647. The summed E-state index contributed by atoms with van der Waals surface area (Å²) in [6.45, 7) is 4.61. The summed E-state index contributed by atoms with van der Waals surface area (Å²) in [4.78, 5) is 46.5. The highest BCUT2D eigenvalue weighted by Gasteiger charge is 2.53. The first-order valence-corrected chi connectivity index (χ1v) is 10.3. The first-order valence-electron chi connectivity index (χ1n) is 9.15. The van der Waals surface area contributed by atoms with Gasteiger partial charge in [0.1, 0.15) is 6.10 Å². The second kappa shape index (κ2) is 9.77. The molecule has 29 heavy (non-hydrogen) atoms. The van der Waals surface area contributed by atoms with Gasteiger partial charge in [-0.2, -0.15) is 11.8 Å². The number of thioether (sulfide) groups is 1. The molecule has 0 aromatic rings. The van der Waals surface area contributed by atoms with Crippen LogP contribution in [0.15, 0.2) is 0 Å². The smallest absolute Gasteiger partial charge is 0.305 e. The molecule has 2 rings (SSSR count). The van der Waals surface area contributed by atoms with Gasteiger partial charge in [0.25, 0.3) is 0 Å². The summed E-state index contributed by atoms with van der Waals surface area (Å²) < 4.78 is 26.8. The number of aliphatic hydroxyl groups is 1. The van der Waals surface area contributed by atoms with Crippen molar-refractivity contribution >= 4 is 35.6 Å². The first kappa shape index (κ1) is 23.4. The van der Waals surface area contributed by atoms with E-state index in [1.54, 1.807) is 11.8 Å². The normalized spacial score (nSPS) is 30.4. The molecular weight excluding hydrogens is 408 g/mol. The van der Waals surface area contributed by atoms with Crippen LogP contribution in [0.4, 0.5) is 0 Å². The van der Waals surface area contributed by atoms with Crippen LogP contribution in [0.1, 0.15) is 40.5 Å². The topological polar surface area (TPSA) is 135 Å². The fourth-order valence-electron chi connectivity index (χ4n) is 3.24. The minimum atomic E-state index is -1.37. The van der Waals surface area contributed by atoms with Gasteiger partial charge in [-0.3, -0.25) is 19.2 Å². The average molecular weight is 434 g/mol. The van der Waals surface area contributed by atoms with E-state index in [4.69, 9.17) is 23.7 Å². The molecule has 0 aliphatic carbocycles. The number of hydrogen-bond acceptors (Lipinski definition) is 11. The van der Waals surface area contributed by atoms with Crippen molar-refractivity contribution in [2.75, 3.05) is 11.5 Å². The zero-order valence-electron chi connectivity index (χ0n) is 16.7. The van der Waals surface area contributed by atoms with Crippen molar-refractivity contribution < 1.29 is 48.0 Å². The monoisotopic (exact) mass is 434 g/mol. The van der Waals surface area contributed by atoms with Gasteiger partial charge in [-0.25, -0.2) is 0 Å². The molecule has 5 atom stereocenters. The van der Waals surface area contributed by atoms with Crippen LogP contribution in [0.2, 0.25) is 0 Å². The van der Waals surface area contributed by atoms with E-state index >= 15 is 0 Å². The molecule has 0 aromatic heterocycles. The van der Waals surface area contributed by atoms with Crippen LogP contribution < -0.4 is 0 Å². The first-order chi connectivity index (χ1) is 13.5. The van der Waals surface area contributed by atoms with Crippen LogP contribution in [0.25, 0.3) is 0 Å². The highest BCUT2D eigenvalue weighted by Crippen LogP contribution is 2.37. The van der Waals surface area contributed by atoms with Crippen LogP contribution in [0, 0.1) is 0 Å². The average Bonchev–Trinajstić information content (AvgIpc) is 2.55. The lowest BCUT2D eigenvalue weighted by Crippen LogP contribution is -2.62. The summed E-state index contributed by atoms with van der Waals surface area (Å²) in [5.74, 6) is -1.67. The third-order valence-electron chi connectivity index (χ3n) is 4.42. The molecule has 0 amide bonds. The lowest BCUT2D eigenvalue weighted by molar-refractivity contribution is -0.297. The number of carbonyl (C=O) groups is 4. The molecule has 1 N–H and O–H groups in total. The molecular formula is C18H26O10S. The summed E-state index contributed by atoms with van der Waals surface area (Å²) in [5, 5.41) is 10.4. The van der Waals surface area contributed by atoms with Gasteiger partial charge in [-0.15, -0.1) is 0 Å². The van der Waals surface area contributed by atoms with Gasteiger partial charge in [-0.05, 0) is 12.8 Å². The molecule has 0 bridgehead atoms. The summed E-state index contributed by atoms with van der Waals surface area (Å²) in [5.41, 5.74) is -0.866. The fraction of sp³-hybridized carbons (Fsp3) is 0.778. The molecule has 2 heterocycles. The summed E-state index contributed by atoms with van der Waals surface area (Å²) in [6.07, 6.45) is -5.38. The number of carbonyl (C=O) groups excluding carboxylic acids is 4. The van der Waals surface area contributed by atoms with Gasteiger partial charge in [-0.1, -0.05) is 0 Å². The maximum atomic E-state index is 11.7. The number of esters is 4. The van der Waals surface area contributed by atoms with E-state index in [0.29, 0.717) is 17.9 Å². The Morgan fingerprint density at radius 1 is 0.862 bits per heavy atom. The zero-order chi connectivity index (χ0) is 21.8. The molecule has 2 aliphatic rings. The van der Waals surface area contributed by atoms with E-state index in [-0.39, 0.29) is 6.42 Å². The van der Waals surface area contributed by atoms with Crippen LogP contribution >= 0.6 is 11.8 Å². The third kappa shape index (κ3) is 6.58. The van der Waals surface area contributed by atoms with Gasteiger partial charge in [0.15, 0.2) is 12.2 Å². The SMILES string of the molecule is CC(=O)O[C@H]1O[C@H](CCC2(O)CSC2)[C@@H](OC(C)=O)[C@H](OC(C)=O)[C@@H]1OC(C)=O. The van der Waals surface area contributed by atoms with Crippen LogP contribution in [0.5, 0.6) is 0 Å². The van der Waals surface area contributed by atoms with Crippen LogP contribution in [0.3, 0.4) is 0 Å². The van der Waals surface area contributed by atoms with Crippen molar-refractivity contribution in [3.05, 3.63) is 0 Å². The summed E-state index contributed by atoms with van der Waals surface area (Å²) >= 11 is 1.59. The lowest BCUT2D eigenvalue weighted by atomic mass is 9.91. The highest BCUT2D eigenvalue weighted by atomic mass is 32.2. The standard InChI is InChI=1S/C18H26O10S/c1-9(19)24-14-13(5-6-18(23)7-29-8-18)28-17(27-12(4)22)16(26-11(3)21)15(14)25-10(2)20/h13-17,23H,5-8H2,1-4H3/t13-,14-,15+,16+,17+/m1/s1. The molecule has 2 fully saturated rings. The molecule has 0 radical (unpaired) electrons. The van der Waals surface area contributed by atoms with E-state index < -0.39 is 60.2 Å². The van der Waals surface area contributed by atoms with E-state index in [9.17, 15) is 24.3 Å². The minimum Gasteiger partial charge on any atom is -0.456 e. The lowest BCUT2D eigenvalue weighted by Gasteiger charge is -2.45. The Morgan fingerprint density at radius 3 is 1.79 bits per heavy atom. The summed E-state index contributed by atoms with van der Waals surface area (Å²) in [7, 11) is 0. The van der Waals surface area contributed by atoms with Crippen molar-refractivity contribution in [1.82, 2.24) is 0 Å². The predicted molar refractivity (Wildman–Crippen MR) is 98.6 cm³/mol. The largest absolute Gasteiger partial charge is 0.456 e. The van der Waals surface area contributed by atoms with Crippen LogP contribution in [-0.2, 0) is 42.9 Å². The number of hydrogen-bond donors (Lipinski definition) is 1. The summed E-state index contributed by atoms with van der Waals surface area (Å²) in [6, 6.07) is 0. The zero-order valence-corrected chi connectivity index (χ0v) is 17.6. The molecule has 2 aliphatic heterocycles. The van der Waals surface area contributed by atoms with Gasteiger partial charge < -0.3 is 28.8 Å². The minimum absolute atomic E-state index is 0.233. The Balaban J connectivity index is 2.33. The number of ether oxygens (including phenoxy) is 5. The molecule has 10 nitrogen and oxygen atoms in total. The van der Waals surface area contributed by atoms with E-state index in [0.717, 1.165) is 20.8 Å². The highest BCUT2D eigenvalue weighted by molar-refractivity contribution is 8.00. The molecule has 164 valence electrons. The molecule has 0 unspecified atom stereocenters. The predicted octanol–water partition coefficient (Wildman–Crippen LogP) is 0.328. The number of rotatable bonds is 7. The van der Waals surface area contributed by atoms with Crippen molar-refractivity contribution in [2.45, 2.75) is 76.8 Å². The fourth-order valence-corrected chi connectivity index (χ4v) is 4.20. The maximum absolute atomic E-state index is 11.7. The molecule has 2 saturated heterocycles. The molecule has 11 heteroatoms. The molecule has 0 spiro atoms. The van der Waals surface area contributed by atoms with Crippen molar-refractivity contribution in [3.63, 3.8) is 0 Å². The van der Waals surface area contributed by atoms with Gasteiger partial charge in [0.05, 0.1) is 5.60 Å². The third-order valence-corrected chi connectivity index (χ3v) is 5.90. The van der Waals surface area contributed by atoms with Crippen LogP contribution in [-0.4, -0.2) is 76.8 Å². The Labute approximate surface area is 172 Å². The van der Waals surface area contributed by atoms with Gasteiger partial charge in [0.2, 0.25) is 12.4 Å². The Hall–Kier alpha value is -1.85. The van der Waals surface area contributed by atoms with E-state index in [1.165, 1.54) is 6.92 Å². The molecule has 0 saturated carbocycles. The van der Waals surface area contributed by atoms with E-state index in [2.05, 4.69) is 0 Å². The Morgan fingerprint density at radius 2 is 1.34 bits per heavy atom. The quantitative estimate of drug-likeness (QED) is 0.438. The Kier molecular flexibility index (Phi) is 7.89.